The second-order valence-corrected chi connectivity index (χ2v) is 2.59. The van der Waals surface area contributed by atoms with E-state index in [4.69, 9.17) is 11.6 Å². The predicted octanol–water partition coefficient (Wildman–Crippen LogP) is -0.330. The fourth-order valence-electron chi connectivity index (χ4n) is 0.813. The average molecular weight is 211 g/mol. The molecule has 0 radical (unpaired) electrons. The number of halogens is 1. The minimum atomic E-state index is -0.597. The Morgan fingerprint density at radius 3 is 2.50 bits per heavy atom. The molecule has 0 aromatic carbocycles. The van der Waals surface area contributed by atoms with Crippen LogP contribution in [0.4, 0.5) is 0 Å². The molecule has 1 N–H and O–H groups in total. The van der Waals surface area contributed by atoms with E-state index >= 15 is 0 Å². The van der Waals surface area contributed by atoms with Crippen LogP contribution >= 0.6 is 11.6 Å². The molecule has 0 amide bonds. The molecule has 70 valence electrons. The van der Waals surface area contributed by atoms with Crippen molar-refractivity contribution in [2.75, 3.05) is 0 Å². The molecule has 0 saturated carbocycles. The van der Waals surface area contributed by atoms with E-state index in [1.165, 1.54) is 12.7 Å². The highest BCUT2D eigenvalue weighted by Gasteiger charge is 2.05. The van der Waals surface area contributed by atoms with Crippen molar-refractivity contribution in [2.45, 2.75) is 0 Å². The van der Waals surface area contributed by atoms with E-state index in [2.05, 4.69) is 29.9 Å². The van der Waals surface area contributed by atoms with Gasteiger partial charge < -0.3 is 0 Å². The highest BCUT2D eigenvalue weighted by Crippen LogP contribution is 2.05. The molecule has 0 fully saturated rings. The van der Waals surface area contributed by atoms with Gasteiger partial charge in [-0.15, -0.1) is 0 Å². The Bertz CT molecular complexity index is 497. The Kier molecular flexibility index (Phi) is 2.15. The zero-order valence-corrected chi connectivity index (χ0v) is 7.43. The summed E-state index contributed by atoms with van der Waals surface area (Å²) in [5, 5.41) is -0.0552. The molecule has 0 bridgehead atoms. The topological polar surface area (TPSA) is 97.3 Å². The fraction of sp³-hybridized carbons (Fsp3) is 0. The number of hydrogen-bond acceptors (Lipinski definition) is 6. The maximum Gasteiger partial charge on any atom is 0.349 e. The van der Waals surface area contributed by atoms with Crippen LogP contribution in [0.5, 0.6) is 0 Å². The lowest BCUT2D eigenvalue weighted by molar-refractivity contribution is 0.953. The van der Waals surface area contributed by atoms with Crippen LogP contribution < -0.4 is 5.69 Å². The van der Waals surface area contributed by atoms with Crippen molar-refractivity contribution in [1.29, 1.82) is 0 Å². The summed E-state index contributed by atoms with van der Waals surface area (Å²) < 4.78 is 0. The minimum absolute atomic E-state index is 0.0552. The van der Waals surface area contributed by atoms with Gasteiger partial charge in [0.1, 0.15) is 12.7 Å². The summed E-state index contributed by atoms with van der Waals surface area (Å²) in [7, 11) is 0. The molecule has 0 spiro atoms. The van der Waals surface area contributed by atoms with Crippen LogP contribution in [-0.4, -0.2) is 29.9 Å². The van der Waals surface area contributed by atoms with Crippen molar-refractivity contribution in [1.82, 2.24) is 29.9 Å². The van der Waals surface area contributed by atoms with Gasteiger partial charge in [0, 0.05) is 0 Å². The van der Waals surface area contributed by atoms with Crippen LogP contribution in [-0.2, 0) is 0 Å². The number of nitrogens with zero attached hydrogens (tertiary/aromatic N) is 5. The van der Waals surface area contributed by atoms with Gasteiger partial charge in [-0.1, -0.05) is 0 Å². The zero-order valence-electron chi connectivity index (χ0n) is 6.68. The third-order valence-electron chi connectivity index (χ3n) is 1.31. The summed E-state index contributed by atoms with van der Waals surface area (Å²) in [5.74, 6) is 0.272. The number of aromatic amines is 1. The molecule has 2 aromatic heterocycles. The molecule has 0 aliphatic heterocycles. The van der Waals surface area contributed by atoms with Crippen LogP contribution in [0.15, 0.2) is 17.4 Å². The zero-order chi connectivity index (χ0) is 9.97. The standard InChI is InChI=1S/C6H3ClN6O/c7-5-11-4(12-6(14)13-5)3-9-1-8-2-10-3/h1-2H,(H,11,12,13,14). The van der Waals surface area contributed by atoms with Gasteiger partial charge in [0.15, 0.2) is 0 Å². The molecule has 2 aromatic rings. The number of rotatable bonds is 1. The van der Waals surface area contributed by atoms with Crippen LogP contribution in [0.1, 0.15) is 0 Å². The molecule has 7 nitrogen and oxygen atoms in total. The van der Waals surface area contributed by atoms with Crippen molar-refractivity contribution in [2.24, 2.45) is 0 Å². The summed E-state index contributed by atoms with van der Waals surface area (Å²) in [5.41, 5.74) is -0.597. The smallest absolute Gasteiger partial charge is 0.280 e. The SMILES string of the molecule is O=c1nc(-c2ncncn2)nc(Cl)[nH]1. The highest BCUT2D eigenvalue weighted by molar-refractivity contribution is 6.28. The molecular formula is C6H3ClN6O. The lowest BCUT2D eigenvalue weighted by atomic mass is 10.5. The second-order valence-electron chi connectivity index (χ2n) is 2.23. The largest absolute Gasteiger partial charge is 0.349 e. The molecule has 0 unspecified atom stereocenters. The van der Waals surface area contributed by atoms with Gasteiger partial charge in [-0.05, 0) is 11.6 Å². The van der Waals surface area contributed by atoms with E-state index < -0.39 is 5.69 Å². The number of hydrogen-bond donors (Lipinski definition) is 1. The molecular weight excluding hydrogens is 208 g/mol. The highest BCUT2D eigenvalue weighted by atomic mass is 35.5. The van der Waals surface area contributed by atoms with E-state index in [9.17, 15) is 4.79 Å². The number of aromatic nitrogens is 6. The Morgan fingerprint density at radius 1 is 1.14 bits per heavy atom. The Hall–Kier alpha value is -1.89. The first-order valence-corrected chi connectivity index (χ1v) is 3.90. The number of nitrogens with one attached hydrogen (secondary N) is 1. The van der Waals surface area contributed by atoms with Crippen molar-refractivity contribution >= 4 is 11.6 Å². The summed E-state index contributed by atoms with van der Waals surface area (Å²) in [6.07, 6.45) is 2.56. The van der Waals surface area contributed by atoms with Crippen molar-refractivity contribution in [3.63, 3.8) is 0 Å². The Morgan fingerprint density at radius 2 is 1.86 bits per heavy atom. The lowest BCUT2D eigenvalue weighted by Crippen LogP contribution is -2.13. The molecule has 8 heteroatoms. The van der Waals surface area contributed by atoms with Crippen LogP contribution in [0.25, 0.3) is 11.6 Å². The Balaban J connectivity index is 2.58. The maximum absolute atomic E-state index is 10.9. The van der Waals surface area contributed by atoms with Crippen molar-refractivity contribution < 1.29 is 0 Å². The summed E-state index contributed by atoms with van der Waals surface area (Å²) >= 11 is 5.52. The van der Waals surface area contributed by atoms with E-state index in [0.717, 1.165) is 0 Å². The van der Waals surface area contributed by atoms with Gasteiger partial charge in [0.25, 0.3) is 0 Å². The molecule has 2 heterocycles. The van der Waals surface area contributed by atoms with Gasteiger partial charge in [0.2, 0.25) is 16.9 Å². The third kappa shape index (κ3) is 1.72. The fourth-order valence-corrected chi connectivity index (χ4v) is 0.974. The van der Waals surface area contributed by atoms with Crippen molar-refractivity contribution in [3.05, 3.63) is 28.4 Å². The summed E-state index contributed by atoms with van der Waals surface area (Å²) in [6.45, 7) is 0. The second kappa shape index (κ2) is 3.46. The van der Waals surface area contributed by atoms with Crippen LogP contribution in [0, 0.1) is 0 Å². The first-order valence-electron chi connectivity index (χ1n) is 3.52. The van der Waals surface area contributed by atoms with Gasteiger partial charge in [-0.3, -0.25) is 4.98 Å². The molecule has 0 aliphatic carbocycles. The third-order valence-corrected chi connectivity index (χ3v) is 1.49. The predicted molar refractivity (Wildman–Crippen MR) is 46.5 cm³/mol. The van der Waals surface area contributed by atoms with Crippen LogP contribution in [0.2, 0.25) is 5.28 Å². The first-order chi connectivity index (χ1) is 6.75. The quantitative estimate of drug-likeness (QED) is 0.692. The Labute approximate surface area is 82.3 Å². The molecule has 0 atom stereocenters. The van der Waals surface area contributed by atoms with E-state index in [1.807, 2.05) is 0 Å². The normalized spacial score (nSPS) is 10.1. The lowest BCUT2D eigenvalue weighted by Gasteiger charge is -1.95. The average Bonchev–Trinajstić information content (AvgIpc) is 2.18. The minimum Gasteiger partial charge on any atom is -0.280 e. The molecule has 2 rings (SSSR count). The van der Waals surface area contributed by atoms with E-state index in [-0.39, 0.29) is 16.9 Å². The maximum atomic E-state index is 10.9. The summed E-state index contributed by atoms with van der Waals surface area (Å²) in [6, 6.07) is 0. The van der Waals surface area contributed by atoms with Gasteiger partial charge in [-0.25, -0.2) is 19.7 Å². The summed E-state index contributed by atoms with van der Waals surface area (Å²) in [4.78, 5) is 31.6. The van der Waals surface area contributed by atoms with Gasteiger partial charge in [0.05, 0.1) is 0 Å². The van der Waals surface area contributed by atoms with E-state index in [1.54, 1.807) is 0 Å². The van der Waals surface area contributed by atoms with Crippen molar-refractivity contribution in [3.8, 4) is 11.6 Å². The molecule has 0 aliphatic rings. The van der Waals surface area contributed by atoms with Crippen LogP contribution in [0.3, 0.4) is 0 Å². The van der Waals surface area contributed by atoms with Gasteiger partial charge >= 0.3 is 5.69 Å². The molecule has 0 saturated heterocycles. The van der Waals surface area contributed by atoms with E-state index in [0.29, 0.717) is 0 Å². The monoisotopic (exact) mass is 210 g/mol. The first kappa shape index (κ1) is 8.70. The molecule has 14 heavy (non-hydrogen) atoms. The van der Waals surface area contributed by atoms with Gasteiger partial charge in [-0.2, -0.15) is 9.97 Å². The number of H-pyrrole nitrogens is 1.